The number of urea groups is 1. The number of para-hydroxylation sites is 1. The number of aliphatic hydroxyl groups is 1. The highest BCUT2D eigenvalue weighted by Crippen LogP contribution is 2.35. The summed E-state index contributed by atoms with van der Waals surface area (Å²) in [5, 5.41) is 13.8. The van der Waals surface area contributed by atoms with Crippen molar-refractivity contribution in [1.29, 1.82) is 0 Å². The number of hydrogen-bond donors (Lipinski definition) is 2. The highest BCUT2D eigenvalue weighted by Gasteiger charge is 2.30. The van der Waals surface area contributed by atoms with Gasteiger partial charge in [-0.1, -0.05) is 41.4 Å². The second-order valence-corrected chi connectivity index (χ2v) is 7.71. The van der Waals surface area contributed by atoms with E-state index in [4.69, 9.17) is 23.2 Å². The molecule has 0 radical (unpaired) electrons. The summed E-state index contributed by atoms with van der Waals surface area (Å²) >= 11 is 12.3. The van der Waals surface area contributed by atoms with E-state index < -0.39 is 5.91 Å². The summed E-state index contributed by atoms with van der Waals surface area (Å²) in [5.41, 5.74) is 2.22. The summed E-state index contributed by atoms with van der Waals surface area (Å²) < 4.78 is 0. The van der Waals surface area contributed by atoms with E-state index in [1.807, 2.05) is 0 Å². The fourth-order valence-electron chi connectivity index (χ4n) is 3.54. The fourth-order valence-corrected chi connectivity index (χ4v) is 4.11. The van der Waals surface area contributed by atoms with Gasteiger partial charge in [-0.3, -0.25) is 14.7 Å². The second-order valence-electron chi connectivity index (χ2n) is 6.90. The number of fused-ring (bicyclic) bond motifs is 1. The Hall–Kier alpha value is -2.87. The molecular formula is C21H18Cl2N4O3. The van der Waals surface area contributed by atoms with E-state index in [0.717, 1.165) is 0 Å². The van der Waals surface area contributed by atoms with Crippen LogP contribution in [-0.2, 0) is 6.61 Å². The number of likely N-dealkylation sites (N-methyl/N-ethyl adjacent to an activating group) is 1. The van der Waals surface area contributed by atoms with Crippen LogP contribution in [0.4, 0.5) is 16.2 Å². The molecule has 0 saturated carbocycles. The monoisotopic (exact) mass is 444 g/mol. The molecule has 9 heteroatoms. The maximum atomic E-state index is 12.8. The van der Waals surface area contributed by atoms with Crippen LogP contribution in [0, 0.1) is 0 Å². The highest BCUT2D eigenvalue weighted by molar-refractivity contribution is 6.40. The van der Waals surface area contributed by atoms with Gasteiger partial charge >= 0.3 is 6.03 Å². The minimum Gasteiger partial charge on any atom is -0.392 e. The predicted octanol–water partition coefficient (Wildman–Crippen LogP) is 4.16. The number of pyridine rings is 1. The van der Waals surface area contributed by atoms with Crippen LogP contribution < -0.4 is 10.2 Å². The van der Waals surface area contributed by atoms with Gasteiger partial charge in [-0.05, 0) is 18.2 Å². The number of carbonyl (C=O) groups is 2. The molecule has 0 spiro atoms. The van der Waals surface area contributed by atoms with Crippen molar-refractivity contribution in [2.75, 3.05) is 30.4 Å². The van der Waals surface area contributed by atoms with Gasteiger partial charge in [-0.15, -0.1) is 0 Å². The molecular weight excluding hydrogens is 427 g/mol. The smallest absolute Gasteiger partial charge is 0.324 e. The Morgan fingerprint density at radius 3 is 2.50 bits per heavy atom. The lowest BCUT2D eigenvalue weighted by Gasteiger charge is -2.22. The number of amides is 3. The zero-order valence-corrected chi connectivity index (χ0v) is 17.5. The van der Waals surface area contributed by atoms with Crippen LogP contribution in [0.3, 0.4) is 0 Å². The second kappa shape index (κ2) is 8.10. The molecule has 1 aliphatic rings. The van der Waals surface area contributed by atoms with Crippen molar-refractivity contribution < 1.29 is 14.7 Å². The molecule has 1 saturated heterocycles. The molecule has 154 valence electrons. The number of halogens is 2. The third-order valence-corrected chi connectivity index (χ3v) is 5.67. The Labute approximate surface area is 182 Å². The van der Waals surface area contributed by atoms with Crippen molar-refractivity contribution in [2.24, 2.45) is 0 Å². The first-order valence-corrected chi connectivity index (χ1v) is 9.97. The van der Waals surface area contributed by atoms with Crippen molar-refractivity contribution in [1.82, 2.24) is 9.88 Å². The Morgan fingerprint density at radius 1 is 1.17 bits per heavy atom. The summed E-state index contributed by atoms with van der Waals surface area (Å²) in [4.78, 5) is 33.1. The fraction of sp³-hybridized carbons (Fsp3) is 0.190. The molecule has 30 heavy (non-hydrogen) atoms. The average molecular weight is 445 g/mol. The van der Waals surface area contributed by atoms with Crippen molar-refractivity contribution >= 4 is 57.4 Å². The molecule has 2 N–H and O–H groups in total. The van der Waals surface area contributed by atoms with E-state index in [1.54, 1.807) is 53.2 Å². The molecule has 0 aliphatic carbocycles. The minimum absolute atomic E-state index is 0.158. The Morgan fingerprint density at radius 2 is 1.87 bits per heavy atom. The van der Waals surface area contributed by atoms with Gasteiger partial charge in [0.05, 0.1) is 39.1 Å². The number of aliphatic hydroxyl groups excluding tert-OH is 1. The van der Waals surface area contributed by atoms with Gasteiger partial charge in [0.1, 0.15) is 0 Å². The van der Waals surface area contributed by atoms with Gasteiger partial charge in [0.2, 0.25) is 0 Å². The van der Waals surface area contributed by atoms with Crippen LogP contribution in [0.25, 0.3) is 10.9 Å². The van der Waals surface area contributed by atoms with Crippen LogP contribution in [-0.4, -0.2) is 47.1 Å². The minimum atomic E-state index is -0.468. The van der Waals surface area contributed by atoms with Crippen LogP contribution in [0.1, 0.15) is 15.9 Å². The van der Waals surface area contributed by atoms with E-state index >= 15 is 0 Å². The lowest BCUT2D eigenvalue weighted by atomic mass is 10.1. The van der Waals surface area contributed by atoms with Crippen LogP contribution >= 0.6 is 23.2 Å². The summed E-state index contributed by atoms with van der Waals surface area (Å²) in [6.45, 7) is 0.805. The van der Waals surface area contributed by atoms with Gasteiger partial charge in [0, 0.05) is 37.3 Å². The Kier molecular flexibility index (Phi) is 5.51. The maximum Gasteiger partial charge on any atom is 0.324 e. The van der Waals surface area contributed by atoms with Crippen molar-refractivity contribution in [3.63, 3.8) is 0 Å². The van der Waals surface area contributed by atoms with Gasteiger partial charge in [0.25, 0.3) is 5.91 Å². The zero-order chi connectivity index (χ0) is 21.4. The molecule has 3 amide bonds. The van der Waals surface area contributed by atoms with Gasteiger partial charge in [0.15, 0.2) is 0 Å². The molecule has 0 unspecified atom stereocenters. The molecule has 4 rings (SSSR count). The molecule has 1 aromatic heterocycles. The summed E-state index contributed by atoms with van der Waals surface area (Å²) in [7, 11) is 1.73. The number of nitrogens with one attached hydrogen (secondary N) is 1. The molecule has 2 heterocycles. The first-order valence-electron chi connectivity index (χ1n) is 9.21. The predicted molar refractivity (Wildman–Crippen MR) is 117 cm³/mol. The van der Waals surface area contributed by atoms with Crippen LogP contribution in [0.15, 0.2) is 42.6 Å². The molecule has 2 aromatic carbocycles. The normalized spacial score (nSPS) is 13.9. The summed E-state index contributed by atoms with van der Waals surface area (Å²) in [6, 6.07) is 9.94. The number of aromatic nitrogens is 1. The number of nitrogens with zero attached hydrogens (tertiary/aromatic N) is 3. The van der Waals surface area contributed by atoms with Gasteiger partial charge in [-0.2, -0.15) is 0 Å². The van der Waals surface area contributed by atoms with Crippen LogP contribution in [0.5, 0.6) is 0 Å². The van der Waals surface area contributed by atoms with Crippen molar-refractivity contribution in [3.05, 3.63) is 63.8 Å². The quantitative estimate of drug-likeness (QED) is 0.632. The lowest BCUT2D eigenvalue weighted by molar-refractivity contribution is 0.102. The van der Waals surface area contributed by atoms with Crippen molar-refractivity contribution in [3.8, 4) is 0 Å². The number of anilines is 2. The van der Waals surface area contributed by atoms with Gasteiger partial charge < -0.3 is 15.3 Å². The van der Waals surface area contributed by atoms with Gasteiger partial charge in [-0.25, -0.2) is 4.79 Å². The maximum absolute atomic E-state index is 12.8. The Bertz CT molecular complexity index is 1150. The number of hydrogen-bond acceptors (Lipinski definition) is 4. The molecule has 1 fully saturated rings. The lowest BCUT2D eigenvalue weighted by Crippen LogP contribution is -2.30. The molecule has 3 aromatic rings. The zero-order valence-electron chi connectivity index (χ0n) is 16.0. The van der Waals surface area contributed by atoms with Crippen molar-refractivity contribution in [2.45, 2.75) is 6.61 Å². The van der Waals surface area contributed by atoms with E-state index in [9.17, 15) is 14.7 Å². The third kappa shape index (κ3) is 3.45. The topological polar surface area (TPSA) is 85.8 Å². The molecule has 0 atom stereocenters. The van der Waals surface area contributed by atoms with E-state index in [-0.39, 0.29) is 28.2 Å². The SMILES string of the molecule is CN1CCN(c2c(CO)cnc3c(NC(=O)c4c(Cl)cccc4Cl)cccc23)C1=O. The third-order valence-electron chi connectivity index (χ3n) is 5.04. The molecule has 0 bridgehead atoms. The first-order chi connectivity index (χ1) is 14.4. The summed E-state index contributed by atoms with van der Waals surface area (Å²) in [6.07, 6.45) is 1.52. The van der Waals surface area contributed by atoms with E-state index in [0.29, 0.717) is 40.9 Å². The standard InChI is InChI=1S/C21H18Cl2N4O3/c1-26-8-9-27(21(26)30)19-12(11-28)10-24-18-13(19)4-2-7-16(18)25-20(29)17-14(22)5-3-6-15(17)23/h2-7,10,28H,8-9,11H2,1H3,(H,25,29). The van der Waals surface area contributed by atoms with E-state index in [2.05, 4.69) is 10.3 Å². The molecule has 1 aliphatic heterocycles. The Balaban J connectivity index is 1.81. The first kappa shape index (κ1) is 20.4. The number of rotatable bonds is 4. The number of benzene rings is 2. The largest absolute Gasteiger partial charge is 0.392 e. The van der Waals surface area contributed by atoms with E-state index in [1.165, 1.54) is 6.20 Å². The van der Waals surface area contributed by atoms with Crippen LogP contribution in [0.2, 0.25) is 10.0 Å². The average Bonchev–Trinajstić information content (AvgIpc) is 3.05. The summed E-state index contributed by atoms with van der Waals surface area (Å²) in [5.74, 6) is -0.468. The molecule has 7 nitrogen and oxygen atoms in total. The highest BCUT2D eigenvalue weighted by atomic mass is 35.5. The number of carbonyl (C=O) groups excluding carboxylic acids is 2.